The zero-order chi connectivity index (χ0) is 14.0. The molecule has 102 valence electrons. The van der Waals surface area contributed by atoms with E-state index in [0.717, 1.165) is 12.8 Å². The average Bonchev–Trinajstić information content (AvgIpc) is 3.19. The third-order valence-electron chi connectivity index (χ3n) is 3.30. The van der Waals surface area contributed by atoms with Gasteiger partial charge in [0.1, 0.15) is 5.69 Å². The van der Waals surface area contributed by atoms with Crippen molar-refractivity contribution in [3.8, 4) is 0 Å². The van der Waals surface area contributed by atoms with Crippen molar-refractivity contribution in [2.24, 2.45) is 0 Å². The zero-order valence-electron chi connectivity index (χ0n) is 11.0. The first-order valence-corrected chi connectivity index (χ1v) is 6.38. The SMILES string of the molecule is C=CCN(c1ccc([C@@H](C)O)cc1[N+](=O)[O-])C1CC1. The molecule has 5 heteroatoms. The van der Waals surface area contributed by atoms with Crippen LogP contribution in [0.1, 0.15) is 31.4 Å². The summed E-state index contributed by atoms with van der Waals surface area (Å²) in [6.45, 7) is 5.90. The Morgan fingerprint density at radius 2 is 2.32 bits per heavy atom. The van der Waals surface area contributed by atoms with Crippen LogP contribution in [0.4, 0.5) is 11.4 Å². The molecule has 5 nitrogen and oxygen atoms in total. The molecule has 1 aliphatic carbocycles. The van der Waals surface area contributed by atoms with E-state index in [0.29, 0.717) is 23.8 Å². The van der Waals surface area contributed by atoms with Crippen molar-refractivity contribution in [1.29, 1.82) is 0 Å². The van der Waals surface area contributed by atoms with E-state index in [-0.39, 0.29) is 10.6 Å². The fourth-order valence-corrected chi connectivity index (χ4v) is 2.16. The molecule has 0 radical (unpaired) electrons. The van der Waals surface area contributed by atoms with E-state index in [2.05, 4.69) is 6.58 Å². The number of aliphatic hydroxyl groups excluding tert-OH is 1. The summed E-state index contributed by atoms with van der Waals surface area (Å²) >= 11 is 0. The molecule has 1 aromatic rings. The summed E-state index contributed by atoms with van der Waals surface area (Å²) in [4.78, 5) is 12.8. The molecule has 0 aliphatic heterocycles. The molecule has 0 spiro atoms. The Hall–Kier alpha value is -1.88. The molecule has 1 fully saturated rings. The molecule has 0 unspecified atom stereocenters. The van der Waals surface area contributed by atoms with Gasteiger partial charge in [-0.15, -0.1) is 6.58 Å². The van der Waals surface area contributed by atoms with Gasteiger partial charge in [-0.1, -0.05) is 12.1 Å². The van der Waals surface area contributed by atoms with Crippen LogP contribution < -0.4 is 4.90 Å². The van der Waals surface area contributed by atoms with Gasteiger partial charge in [-0.05, 0) is 31.4 Å². The van der Waals surface area contributed by atoms with Gasteiger partial charge in [-0.25, -0.2) is 0 Å². The first kappa shape index (κ1) is 13.5. The minimum Gasteiger partial charge on any atom is -0.389 e. The van der Waals surface area contributed by atoms with E-state index in [1.165, 1.54) is 6.07 Å². The summed E-state index contributed by atoms with van der Waals surface area (Å²) in [5.41, 5.74) is 1.22. The van der Waals surface area contributed by atoms with Crippen molar-refractivity contribution < 1.29 is 10.0 Å². The summed E-state index contributed by atoms with van der Waals surface area (Å²) in [7, 11) is 0. The summed E-state index contributed by atoms with van der Waals surface area (Å²) < 4.78 is 0. The summed E-state index contributed by atoms with van der Waals surface area (Å²) in [6.07, 6.45) is 3.17. The van der Waals surface area contributed by atoms with Crippen LogP contribution in [0.25, 0.3) is 0 Å². The highest BCUT2D eigenvalue weighted by Crippen LogP contribution is 2.37. The lowest BCUT2D eigenvalue weighted by molar-refractivity contribution is -0.384. The predicted molar refractivity (Wildman–Crippen MR) is 74.3 cm³/mol. The number of hydrogen-bond donors (Lipinski definition) is 1. The molecule has 1 aromatic carbocycles. The molecule has 1 aliphatic rings. The predicted octanol–water partition coefficient (Wildman–Crippen LogP) is 2.80. The van der Waals surface area contributed by atoms with Crippen molar-refractivity contribution in [2.75, 3.05) is 11.4 Å². The standard InChI is InChI=1S/C14H18N2O3/c1-3-8-15(12-5-6-12)13-7-4-11(10(2)17)9-14(13)16(18)19/h3-4,7,9-10,12,17H,1,5-6,8H2,2H3/t10-/m1/s1. The number of aliphatic hydroxyl groups is 1. The van der Waals surface area contributed by atoms with E-state index >= 15 is 0 Å². The fourth-order valence-electron chi connectivity index (χ4n) is 2.16. The van der Waals surface area contributed by atoms with E-state index in [1.54, 1.807) is 25.1 Å². The van der Waals surface area contributed by atoms with Crippen LogP contribution >= 0.6 is 0 Å². The van der Waals surface area contributed by atoms with Crippen LogP contribution in [-0.2, 0) is 0 Å². The first-order valence-electron chi connectivity index (χ1n) is 6.38. The Bertz CT molecular complexity index is 495. The second-order valence-electron chi connectivity index (χ2n) is 4.85. The number of nitro groups is 1. The van der Waals surface area contributed by atoms with Crippen LogP contribution in [0.3, 0.4) is 0 Å². The largest absolute Gasteiger partial charge is 0.389 e. The Kier molecular flexibility index (Phi) is 3.85. The van der Waals surface area contributed by atoms with Crippen LogP contribution in [0.5, 0.6) is 0 Å². The van der Waals surface area contributed by atoms with Gasteiger partial charge in [-0.2, -0.15) is 0 Å². The third-order valence-corrected chi connectivity index (χ3v) is 3.30. The number of rotatable bonds is 6. The molecule has 2 rings (SSSR count). The lowest BCUT2D eigenvalue weighted by Crippen LogP contribution is -2.26. The summed E-state index contributed by atoms with van der Waals surface area (Å²) in [6, 6.07) is 5.29. The number of hydrogen-bond acceptors (Lipinski definition) is 4. The van der Waals surface area contributed by atoms with Gasteiger partial charge in [0.15, 0.2) is 0 Å². The second-order valence-corrected chi connectivity index (χ2v) is 4.85. The molecule has 0 heterocycles. The van der Waals surface area contributed by atoms with Gasteiger partial charge in [0.2, 0.25) is 0 Å². The topological polar surface area (TPSA) is 66.6 Å². The maximum atomic E-state index is 11.2. The van der Waals surface area contributed by atoms with Crippen molar-refractivity contribution in [2.45, 2.75) is 31.9 Å². The van der Waals surface area contributed by atoms with Crippen LogP contribution in [-0.4, -0.2) is 22.6 Å². The Labute approximate surface area is 112 Å². The fraction of sp³-hybridized carbons (Fsp3) is 0.429. The number of nitrogens with zero attached hydrogens (tertiary/aromatic N) is 2. The van der Waals surface area contributed by atoms with Crippen molar-refractivity contribution in [1.82, 2.24) is 0 Å². The maximum absolute atomic E-state index is 11.2. The monoisotopic (exact) mass is 262 g/mol. The minimum absolute atomic E-state index is 0.0483. The van der Waals surface area contributed by atoms with Gasteiger partial charge < -0.3 is 10.0 Å². The normalized spacial score (nSPS) is 15.9. The highest BCUT2D eigenvalue weighted by atomic mass is 16.6. The second kappa shape index (κ2) is 5.40. The molecule has 0 amide bonds. The molecule has 1 N–H and O–H groups in total. The minimum atomic E-state index is -0.707. The Morgan fingerprint density at radius 3 is 2.79 bits per heavy atom. The van der Waals surface area contributed by atoms with Crippen LogP contribution in [0.15, 0.2) is 30.9 Å². The molecular formula is C14H18N2O3. The van der Waals surface area contributed by atoms with Crippen LogP contribution in [0, 0.1) is 10.1 Å². The Balaban J connectivity index is 2.42. The van der Waals surface area contributed by atoms with Gasteiger partial charge in [0.25, 0.3) is 5.69 Å². The smallest absolute Gasteiger partial charge is 0.292 e. The summed E-state index contributed by atoms with van der Waals surface area (Å²) in [5.74, 6) is 0. The molecule has 0 aromatic heterocycles. The molecular weight excluding hydrogens is 244 g/mol. The first-order chi connectivity index (χ1) is 9.04. The van der Waals surface area contributed by atoms with Crippen LogP contribution in [0.2, 0.25) is 0 Å². The lowest BCUT2D eigenvalue weighted by Gasteiger charge is -2.23. The van der Waals surface area contributed by atoms with E-state index in [9.17, 15) is 15.2 Å². The van der Waals surface area contributed by atoms with Crippen molar-refractivity contribution in [3.05, 3.63) is 46.5 Å². The van der Waals surface area contributed by atoms with E-state index in [1.807, 2.05) is 4.90 Å². The van der Waals surface area contributed by atoms with Gasteiger partial charge in [-0.3, -0.25) is 10.1 Å². The zero-order valence-corrected chi connectivity index (χ0v) is 11.0. The Morgan fingerprint density at radius 1 is 1.63 bits per heavy atom. The number of benzene rings is 1. The maximum Gasteiger partial charge on any atom is 0.292 e. The lowest BCUT2D eigenvalue weighted by atomic mass is 10.1. The highest BCUT2D eigenvalue weighted by molar-refractivity contribution is 5.66. The highest BCUT2D eigenvalue weighted by Gasteiger charge is 2.32. The molecule has 19 heavy (non-hydrogen) atoms. The van der Waals surface area contributed by atoms with E-state index < -0.39 is 6.10 Å². The molecule has 0 bridgehead atoms. The third kappa shape index (κ3) is 2.93. The van der Waals surface area contributed by atoms with Gasteiger partial charge in [0, 0.05) is 18.7 Å². The molecule has 1 saturated carbocycles. The molecule has 1 atom stereocenters. The van der Waals surface area contributed by atoms with Gasteiger partial charge >= 0.3 is 0 Å². The molecule has 0 saturated heterocycles. The van der Waals surface area contributed by atoms with Crippen molar-refractivity contribution >= 4 is 11.4 Å². The number of nitro benzene ring substituents is 1. The van der Waals surface area contributed by atoms with E-state index in [4.69, 9.17) is 0 Å². The average molecular weight is 262 g/mol. The summed E-state index contributed by atoms with van der Waals surface area (Å²) in [5, 5.41) is 20.8. The van der Waals surface area contributed by atoms with Gasteiger partial charge in [0.05, 0.1) is 11.0 Å². The van der Waals surface area contributed by atoms with Crippen molar-refractivity contribution in [3.63, 3.8) is 0 Å². The quantitative estimate of drug-likeness (QED) is 0.486. The number of anilines is 1.